The Hall–Kier alpha value is -0.930. The van der Waals surface area contributed by atoms with Gasteiger partial charge in [0.25, 0.3) is 0 Å². The maximum Gasteiger partial charge on any atom is 0.108 e. The van der Waals surface area contributed by atoms with E-state index in [-0.39, 0.29) is 0 Å². The number of rotatable bonds is 6. The first-order valence-electron chi connectivity index (χ1n) is 6.92. The van der Waals surface area contributed by atoms with E-state index in [4.69, 9.17) is 4.98 Å². The molecule has 0 atom stereocenters. The van der Waals surface area contributed by atoms with Crippen LogP contribution in [-0.4, -0.2) is 23.0 Å². The Morgan fingerprint density at radius 3 is 2.89 bits per heavy atom. The summed E-state index contributed by atoms with van der Waals surface area (Å²) in [5.74, 6) is 0.964. The number of para-hydroxylation sites is 1. The smallest absolute Gasteiger partial charge is 0.108 e. The summed E-state index contributed by atoms with van der Waals surface area (Å²) in [7, 11) is 0. The normalized spacial score (nSPS) is 15.7. The van der Waals surface area contributed by atoms with Crippen LogP contribution in [0.15, 0.2) is 24.3 Å². The molecule has 0 unspecified atom stereocenters. The molecule has 2 nitrogen and oxygen atoms in total. The van der Waals surface area contributed by atoms with Gasteiger partial charge in [-0.1, -0.05) is 19.1 Å². The van der Waals surface area contributed by atoms with Crippen molar-refractivity contribution in [3.63, 3.8) is 0 Å². The molecule has 0 aliphatic heterocycles. The highest BCUT2D eigenvalue weighted by atomic mass is 32.1. The number of fused-ring (bicyclic) bond motifs is 1. The molecule has 1 aromatic heterocycles. The molecule has 0 spiro atoms. The lowest BCUT2D eigenvalue weighted by molar-refractivity contribution is 0.255. The van der Waals surface area contributed by atoms with Gasteiger partial charge >= 0.3 is 0 Å². The SMILES string of the molecule is CCCN(Cc1nc2ccccc2s1)CC1CC1. The highest BCUT2D eigenvalue weighted by Crippen LogP contribution is 2.31. The van der Waals surface area contributed by atoms with E-state index in [1.54, 1.807) is 0 Å². The molecule has 0 amide bonds. The molecule has 1 heterocycles. The predicted molar refractivity (Wildman–Crippen MR) is 77.9 cm³/mol. The third kappa shape index (κ3) is 2.90. The summed E-state index contributed by atoms with van der Waals surface area (Å²) in [6, 6.07) is 8.44. The lowest BCUT2D eigenvalue weighted by Gasteiger charge is -2.19. The van der Waals surface area contributed by atoms with Gasteiger partial charge in [0.05, 0.1) is 16.8 Å². The van der Waals surface area contributed by atoms with Crippen LogP contribution in [-0.2, 0) is 6.54 Å². The van der Waals surface area contributed by atoms with Crippen molar-refractivity contribution in [2.75, 3.05) is 13.1 Å². The van der Waals surface area contributed by atoms with E-state index in [1.807, 2.05) is 11.3 Å². The van der Waals surface area contributed by atoms with Crippen molar-refractivity contribution >= 4 is 21.6 Å². The van der Waals surface area contributed by atoms with Gasteiger partial charge < -0.3 is 0 Å². The van der Waals surface area contributed by atoms with Crippen LogP contribution >= 0.6 is 11.3 Å². The maximum atomic E-state index is 4.74. The lowest BCUT2D eigenvalue weighted by Crippen LogP contribution is -2.26. The minimum atomic E-state index is 0.964. The topological polar surface area (TPSA) is 16.1 Å². The molecular formula is C15H20N2S. The molecular weight excluding hydrogens is 240 g/mol. The van der Waals surface area contributed by atoms with Crippen LogP contribution in [0.1, 0.15) is 31.2 Å². The van der Waals surface area contributed by atoms with Crippen LogP contribution in [0.3, 0.4) is 0 Å². The molecule has 1 aliphatic carbocycles. The van der Waals surface area contributed by atoms with Gasteiger partial charge in [-0.15, -0.1) is 11.3 Å². The second kappa shape index (κ2) is 5.37. The number of nitrogens with zero attached hydrogens (tertiary/aromatic N) is 2. The Morgan fingerprint density at radius 1 is 1.33 bits per heavy atom. The largest absolute Gasteiger partial charge is 0.296 e. The van der Waals surface area contributed by atoms with Crippen LogP contribution in [0.5, 0.6) is 0 Å². The second-order valence-corrected chi connectivity index (χ2v) is 6.37. The first-order chi connectivity index (χ1) is 8.85. The zero-order chi connectivity index (χ0) is 12.4. The van der Waals surface area contributed by atoms with Crippen molar-refractivity contribution in [2.24, 2.45) is 5.92 Å². The average Bonchev–Trinajstić information content (AvgIpc) is 3.07. The lowest BCUT2D eigenvalue weighted by atomic mass is 10.3. The first-order valence-corrected chi connectivity index (χ1v) is 7.73. The van der Waals surface area contributed by atoms with E-state index in [2.05, 4.69) is 36.1 Å². The summed E-state index contributed by atoms with van der Waals surface area (Å²) in [6.45, 7) is 5.76. The molecule has 96 valence electrons. The van der Waals surface area contributed by atoms with Gasteiger partial charge in [-0.3, -0.25) is 4.90 Å². The molecule has 0 bridgehead atoms. The third-order valence-corrected chi connectivity index (χ3v) is 4.47. The number of benzene rings is 1. The first kappa shape index (κ1) is 12.1. The summed E-state index contributed by atoms with van der Waals surface area (Å²) in [6.07, 6.45) is 4.09. The summed E-state index contributed by atoms with van der Waals surface area (Å²) in [4.78, 5) is 7.32. The van der Waals surface area contributed by atoms with Crippen LogP contribution in [0, 0.1) is 5.92 Å². The van der Waals surface area contributed by atoms with Gasteiger partial charge in [0, 0.05) is 6.54 Å². The molecule has 1 saturated carbocycles. The van der Waals surface area contributed by atoms with Gasteiger partial charge in [-0.05, 0) is 43.9 Å². The summed E-state index contributed by atoms with van der Waals surface area (Å²) in [5, 5.41) is 1.27. The maximum absolute atomic E-state index is 4.74. The van der Waals surface area contributed by atoms with Crippen molar-refractivity contribution < 1.29 is 0 Å². The zero-order valence-corrected chi connectivity index (χ0v) is 11.7. The summed E-state index contributed by atoms with van der Waals surface area (Å²) < 4.78 is 1.32. The number of hydrogen-bond donors (Lipinski definition) is 0. The summed E-state index contributed by atoms with van der Waals surface area (Å²) >= 11 is 1.85. The van der Waals surface area contributed by atoms with Gasteiger partial charge in [-0.2, -0.15) is 0 Å². The van der Waals surface area contributed by atoms with E-state index in [1.165, 1.54) is 42.1 Å². The third-order valence-electron chi connectivity index (χ3n) is 3.45. The molecule has 0 N–H and O–H groups in total. The van der Waals surface area contributed by atoms with Crippen molar-refractivity contribution in [3.8, 4) is 0 Å². The van der Waals surface area contributed by atoms with E-state index in [9.17, 15) is 0 Å². The fraction of sp³-hybridized carbons (Fsp3) is 0.533. The van der Waals surface area contributed by atoms with Crippen molar-refractivity contribution in [1.29, 1.82) is 0 Å². The van der Waals surface area contributed by atoms with Gasteiger partial charge in [0.1, 0.15) is 5.01 Å². The molecule has 3 rings (SSSR count). The molecule has 2 aromatic rings. The fourth-order valence-corrected chi connectivity index (χ4v) is 3.41. The predicted octanol–water partition coefficient (Wildman–Crippen LogP) is 3.92. The molecule has 0 saturated heterocycles. The highest BCUT2D eigenvalue weighted by molar-refractivity contribution is 7.18. The van der Waals surface area contributed by atoms with Crippen molar-refractivity contribution in [1.82, 2.24) is 9.88 Å². The molecule has 1 aliphatic rings. The van der Waals surface area contributed by atoms with Crippen molar-refractivity contribution in [2.45, 2.75) is 32.7 Å². The van der Waals surface area contributed by atoms with Crippen LogP contribution in [0.25, 0.3) is 10.2 Å². The van der Waals surface area contributed by atoms with Crippen LogP contribution in [0.2, 0.25) is 0 Å². The summed E-state index contributed by atoms with van der Waals surface area (Å²) in [5.41, 5.74) is 1.15. The van der Waals surface area contributed by atoms with Gasteiger partial charge in [-0.25, -0.2) is 4.98 Å². The minimum Gasteiger partial charge on any atom is -0.296 e. The second-order valence-electron chi connectivity index (χ2n) is 5.25. The van der Waals surface area contributed by atoms with E-state index >= 15 is 0 Å². The number of thiazole rings is 1. The Kier molecular flexibility index (Phi) is 3.62. The fourth-order valence-electron chi connectivity index (χ4n) is 2.40. The van der Waals surface area contributed by atoms with E-state index in [0.29, 0.717) is 0 Å². The monoisotopic (exact) mass is 260 g/mol. The number of hydrogen-bond acceptors (Lipinski definition) is 3. The van der Waals surface area contributed by atoms with Crippen LogP contribution in [0.4, 0.5) is 0 Å². The standard InChI is InChI=1S/C15H20N2S/c1-2-9-17(10-12-7-8-12)11-15-16-13-5-3-4-6-14(13)18-15/h3-6,12H,2,7-11H2,1H3. The van der Waals surface area contributed by atoms with E-state index in [0.717, 1.165) is 18.0 Å². The minimum absolute atomic E-state index is 0.964. The molecule has 18 heavy (non-hydrogen) atoms. The molecule has 0 radical (unpaired) electrons. The highest BCUT2D eigenvalue weighted by Gasteiger charge is 2.24. The Bertz CT molecular complexity index is 483. The van der Waals surface area contributed by atoms with Crippen LogP contribution < -0.4 is 0 Å². The zero-order valence-electron chi connectivity index (χ0n) is 10.9. The van der Waals surface area contributed by atoms with Gasteiger partial charge in [0.2, 0.25) is 0 Å². The van der Waals surface area contributed by atoms with Gasteiger partial charge in [0.15, 0.2) is 0 Å². The quantitative estimate of drug-likeness (QED) is 0.782. The van der Waals surface area contributed by atoms with E-state index < -0.39 is 0 Å². The van der Waals surface area contributed by atoms with Crippen molar-refractivity contribution in [3.05, 3.63) is 29.3 Å². The average molecular weight is 260 g/mol. The Balaban J connectivity index is 1.71. The molecule has 1 fully saturated rings. The number of aromatic nitrogens is 1. The molecule has 3 heteroatoms. The Labute approximate surface area is 113 Å². The molecule has 1 aromatic carbocycles. The Morgan fingerprint density at radius 2 is 2.17 bits per heavy atom.